The number of aromatic amines is 1. The summed E-state index contributed by atoms with van der Waals surface area (Å²) in [5.74, 6) is -0.0963. The van der Waals surface area contributed by atoms with Crippen molar-refractivity contribution in [2.45, 2.75) is 13.5 Å². The number of benzene rings is 1. The van der Waals surface area contributed by atoms with E-state index >= 15 is 0 Å². The summed E-state index contributed by atoms with van der Waals surface area (Å²) in [4.78, 5) is 12.0. The lowest BCUT2D eigenvalue weighted by atomic mass is 10.2. The van der Waals surface area contributed by atoms with E-state index in [1.807, 2.05) is 25.1 Å². The zero-order valence-electron chi connectivity index (χ0n) is 9.63. The van der Waals surface area contributed by atoms with Crippen molar-refractivity contribution in [2.75, 3.05) is 0 Å². The number of carbonyl (C=O) groups excluding carboxylic acids is 1. The smallest absolute Gasteiger partial charge is 0.252 e. The van der Waals surface area contributed by atoms with Crippen LogP contribution >= 0.6 is 38.5 Å². The Morgan fingerprint density at radius 3 is 3.00 bits per heavy atom. The number of rotatable bonds is 3. The molecule has 0 aliphatic heterocycles. The van der Waals surface area contributed by atoms with Crippen molar-refractivity contribution in [1.82, 2.24) is 15.5 Å². The van der Waals surface area contributed by atoms with Crippen molar-refractivity contribution in [3.05, 3.63) is 49.3 Å². The Morgan fingerprint density at radius 2 is 2.33 bits per heavy atom. The highest BCUT2D eigenvalue weighted by atomic mass is 127. The fourth-order valence-corrected chi connectivity index (χ4v) is 2.41. The molecule has 18 heavy (non-hydrogen) atoms. The number of nitrogens with one attached hydrogen (secondary N) is 2. The van der Waals surface area contributed by atoms with Crippen LogP contribution in [-0.2, 0) is 6.54 Å². The standard InChI is InChI=1S/C12H11BrIN3O/c1-7-8(6-16-17-7)5-15-12(18)10-4-9(14)2-3-11(10)13/h2-4,6H,5H2,1H3,(H,15,18)(H,16,17). The molecule has 0 atom stereocenters. The van der Waals surface area contributed by atoms with E-state index in [1.54, 1.807) is 6.20 Å². The van der Waals surface area contributed by atoms with Gasteiger partial charge in [0.05, 0.1) is 11.8 Å². The van der Waals surface area contributed by atoms with E-state index in [2.05, 4.69) is 54.0 Å². The van der Waals surface area contributed by atoms with E-state index < -0.39 is 0 Å². The van der Waals surface area contributed by atoms with Gasteiger partial charge in [-0.3, -0.25) is 9.89 Å². The second-order valence-electron chi connectivity index (χ2n) is 3.83. The molecule has 0 saturated carbocycles. The molecule has 1 aromatic carbocycles. The molecule has 1 aromatic heterocycles. The molecule has 1 heterocycles. The Balaban J connectivity index is 2.08. The maximum absolute atomic E-state index is 12.0. The first-order chi connectivity index (χ1) is 8.58. The molecule has 4 nitrogen and oxygen atoms in total. The third kappa shape index (κ3) is 3.11. The number of carbonyl (C=O) groups is 1. The number of hydrogen-bond donors (Lipinski definition) is 2. The van der Waals surface area contributed by atoms with Gasteiger partial charge in [-0.1, -0.05) is 0 Å². The minimum absolute atomic E-state index is 0.0963. The zero-order chi connectivity index (χ0) is 13.1. The minimum Gasteiger partial charge on any atom is -0.348 e. The molecule has 6 heteroatoms. The average Bonchev–Trinajstić information content (AvgIpc) is 2.75. The molecule has 0 spiro atoms. The predicted molar refractivity (Wildman–Crippen MR) is 81.4 cm³/mol. The highest BCUT2D eigenvalue weighted by molar-refractivity contribution is 14.1. The van der Waals surface area contributed by atoms with E-state index in [0.717, 1.165) is 19.3 Å². The van der Waals surface area contributed by atoms with E-state index in [0.29, 0.717) is 12.1 Å². The Morgan fingerprint density at radius 1 is 1.56 bits per heavy atom. The maximum Gasteiger partial charge on any atom is 0.252 e. The molecule has 2 rings (SSSR count). The largest absolute Gasteiger partial charge is 0.348 e. The van der Waals surface area contributed by atoms with Crippen molar-refractivity contribution < 1.29 is 4.79 Å². The lowest BCUT2D eigenvalue weighted by Gasteiger charge is -2.07. The summed E-state index contributed by atoms with van der Waals surface area (Å²) in [6.07, 6.45) is 1.72. The van der Waals surface area contributed by atoms with Gasteiger partial charge in [0, 0.05) is 25.8 Å². The molecule has 0 bridgehead atoms. The quantitative estimate of drug-likeness (QED) is 0.751. The number of H-pyrrole nitrogens is 1. The number of amides is 1. The first-order valence-electron chi connectivity index (χ1n) is 5.30. The van der Waals surface area contributed by atoms with Crippen LogP contribution in [0.2, 0.25) is 0 Å². The summed E-state index contributed by atoms with van der Waals surface area (Å²) < 4.78 is 1.82. The fraction of sp³-hybridized carbons (Fsp3) is 0.167. The molecule has 0 fully saturated rings. The molecule has 0 aliphatic rings. The molecule has 0 radical (unpaired) electrons. The van der Waals surface area contributed by atoms with Gasteiger partial charge < -0.3 is 5.32 Å². The zero-order valence-corrected chi connectivity index (χ0v) is 13.4. The third-order valence-corrected chi connectivity index (χ3v) is 3.91. The summed E-state index contributed by atoms with van der Waals surface area (Å²) in [6, 6.07) is 5.67. The lowest BCUT2D eigenvalue weighted by molar-refractivity contribution is 0.0950. The van der Waals surface area contributed by atoms with E-state index in [1.165, 1.54) is 0 Å². The normalized spacial score (nSPS) is 10.4. The SMILES string of the molecule is Cc1[nH]ncc1CNC(=O)c1cc(I)ccc1Br. The van der Waals surface area contributed by atoms with Crippen LogP contribution in [0.5, 0.6) is 0 Å². The van der Waals surface area contributed by atoms with Crippen LogP contribution in [0.3, 0.4) is 0 Å². The monoisotopic (exact) mass is 419 g/mol. The van der Waals surface area contributed by atoms with Gasteiger partial charge in [0.15, 0.2) is 0 Å². The van der Waals surface area contributed by atoms with E-state index in [4.69, 9.17) is 0 Å². The van der Waals surface area contributed by atoms with Gasteiger partial charge in [-0.15, -0.1) is 0 Å². The number of hydrogen-bond acceptors (Lipinski definition) is 2. The van der Waals surface area contributed by atoms with Crippen LogP contribution in [0, 0.1) is 10.5 Å². The van der Waals surface area contributed by atoms with Gasteiger partial charge in [-0.2, -0.15) is 5.10 Å². The summed E-state index contributed by atoms with van der Waals surface area (Å²) in [5, 5.41) is 9.64. The number of aromatic nitrogens is 2. The summed E-state index contributed by atoms with van der Waals surface area (Å²) in [6.45, 7) is 2.40. The molecule has 2 aromatic rings. The molecule has 0 saturated heterocycles. The Kier molecular flexibility index (Phi) is 4.39. The molecule has 94 valence electrons. The van der Waals surface area contributed by atoms with Gasteiger partial charge in [0.25, 0.3) is 5.91 Å². The summed E-state index contributed by atoms with van der Waals surface area (Å²) in [7, 11) is 0. The van der Waals surface area contributed by atoms with Gasteiger partial charge in [-0.05, 0) is 63.6 Å². The van der Waals surface area contributed by atoms with Crippen molar-refractivity contribution in [1.29, 1.82) is 0 Å². The number of aryl methyl sites for hydroxylation is 1. The van der Waals surface area contributed by atoms with Gasteiger partial charge in [0.1, 0.15) is 0 Å². The Hall–Kier alpha value is -0.890. The maximum atomic E-state index is 12.0. The van der Waals surface area contributed by atoms with Gasteiger partial charge in [-0.25, -0.2) is 0 Å². The van der Waals surface area contributed by atoms with Crippen LogP contribution in [-0.4, -0.2) is 16.1 Å². The Bertz CT molecular complexity index is 582. The van der Waals surface area contributed by atoms with Crippen LogP contribution < -0.4 is 5.32 Å². The third-order valence-electron chi connectivity index (χ3n) is 2.55. The predicted octanol–water partition coefficient (Wildman–Crippen LogP) is 3.02. The van der Waals surface area contributed by atoms with Crippen LogP contribution in [0.15, 0.2) is 28.9 Å². The van der Waals surface area contributed by atoms with E-state index in [-0.39, 0.29) is 5.91 Å². The molecular weight excluding hydrogens is 409 g/mol. The molecule has 1 amide bonds. The first-order valence-corrected chi connectivity index (χ1v) is 7.17. The minimum atomic E-state index is -0.0963. The average molecular weight is 420 g/mol. The molecule has 0 aliphatic carbocycles. The van der Waals surface area contributed by atoms with Crippen LogP contribution in [0.1, 0.15) is 21.6 Å². The van der Waals surface area contributed by atoms with Crippen LogP contribution in [0.25, 0.3) is 0 Å². The topological polar surface area (TPSA) is 57.8 Å². The van der Waals surface area contributed by atoms with Gasteiger partial charge >= 0.3 is 0 Å². The first kappa shape index (κ1) is 13.5. The highest BCUT2D eigenvalue weighted by Crippen LogP contribution is 2.19. The summed E-state index contributed by atoms with van der Waals surface area (Å²) >= 11 is 5.57. The second-order valence-corrected chi connectivity index (χ2v) is 5.93. The number of nitrogens with zero attached hydrogens (tertiary/aromatic N) is 1. The summed E-state index contributed by atoms with van der Waals surface area (Å²) in [5.41, 5.74) is 2.60. The van der Waals surface area contributed by atoms with Crippen molar-refractivity contribution >= 4 is 44.4 Å². The molecule has 2 N–H and O–H groups in total. The fourth-order valence-electron chi connectivity index (χ4n) is 1.50. The Labute approximate surface area is 127 Å². The van der Waals surface area contributed by atoms with Crippen LogP contribution in [0.4, 0.5) is 0 Å². The molecular formula is C12H11BrIN3O. The lowest BCUT2D eigenvalue weighted by Crippen LogP contribution is -2.23. The van der Waals surface area contributed by atoms with E-state index in [9.17, 15) is 4.79 Å². The molecule has 0 unspecified atom stereocenters. The second kappa shape index (κ2) is 5.83. The number of halogens is 2. The van der Waals surface area contributed by atoms with Crippen molar-refractivity contribution in [2.24, 2.45) is 0 Å². The van der Waals surface area contributed by atoms with Crippen molar-refractivity contribution in [3.63, 3.8) is 0 Å². The highest BCUT2D eigenvalue weighted by Gasteiger charge is 2.11. The van der Waals surface area contributed by atoms with Gasteiger partial charge in [0.2, 0.25) is 0 Å². The van der Waals surface area contributed by atoms with Crippen molar-refractivity contribution in [3.8, 4) is 0 Å².